The highest BCUT2D eigenvalue weighted by molar-refractivity contribution is 5.84. The third-order valence-corrected chi connectivity index (χ3v) is 2.30. The molecule has 0 aliphatic carbocycles. The van der Waals surface area contributed by atoms with Crippen LogP contribution in [0.4, 0.5) is 10.5 Å². The molecule has 0 aromatic heterocycles. The van der Waals surface area contributed by atoms with Gasteiger partial charge in [0.05, 0.1) is 7.11 Å². The molecule has 0 aliphatic rings. The smallest absolute Gasteiger partial charge is 0.411 e. The fourth-order valence-electron chi connectivity index (χ4n) is 1.41. The molecular formula is C12H17NO2. The summed E-state index contributed by atoms with van der Waals surface area (Å²) in [6.07, 6.45) is 1.50. The summed E-state index contributed by atoms with van der Waals surface area (Å²) in [5.74, 6) is 0. The van der Waals surface area contributed by atoms with Crippen molar-refractivity contribution in [2.75, 3.05) is 12.4 Å². The molecule has 0 heterocycles. The minimum absolute atomic E-state index is 0.426. The second-order valence-corrected chi connectivity index (χ2v) is 3.36. The van der Waals surface area contributed by atoms with E-state index in [9.17, 15) is 4.79 Å². The highest BCUT2D eigenvalue weighted by Gasteiger charge is 2.03. The average molecular weight is 207 g/mol. The zero-order chi connectivity index (χ0) is 11.3. The molecule has 0 unspecified atom stereocenters. The first-order valence-corrected chi connectivity index (χ1v) is 5.17. The Balaban J connectivity index is 2.91. The van der Waals surface area contributed by atoms with Crippen LogP contribution in [0.25, 0.3) is 0 Å². The first-order chi connectivity index (χ1) is 7.19. The van der Waals surface area contributed by atoms with E-state index in [4.69, 9.17) is 0 Å². The first kappa shape index (κ1) is 11.6. The third kappa shape index (κ3) is 3.27. The third-order valence-electron chi connectivity index (χ3n) is 2.30. The van der Waals surface area contributed by atoms with Gasteiger partial charge in [0.2, 0.25) is 0 Å². The van der Waals surface area contributed by atoms with Gasteiger partial charge in [-0.1, -0.05) is 19.9 Å². The van der Waals surface area contributed by atoms with E-state index in [1.165, 1.54) is 18.2 Å². The number of nitrogens with one attached hydrogen (secondary N) is 1. The fraction of sp³-hybridized carbons (Fsp3) is 0.417. The minimum Gasteiger partial charge on any atom is -0.453 e. The van der Waals surface area contributed by atoms with Gasteiger partial charge in [0, 0.05) is 5.69 Å². The summed E-state index contributed by atoms with van der Waals surface area (Å²) in [6.45, 7) is 4.19. The summed E-state index contributed by atoms with van der Waals surface area (Å²) in [6, 6.07) is 6.09. The Morgan fingerprint density at radius 2 is 1.73 bits per heavy atom. The topological polar surface area (TPSA) is 38.3 Å². The number of ether oxygens (including phenoxy) is 1. The van der Waals surface area contributed by atoms with Gasteiger partial charge in [0.1, 0.15) is 0 Å². The van der Waals surface area contributed by atoms with E-state index in [0.717, 1.165) is 18.5 Å². The van der Waals surface area contributed by atoms with E-state index < -0.39 is 6.09 Å². The molecule has 0 atom stereocenters. The van der Waals surface area contributed by atoms with Crippen molar-refractivity contribution >= 4 is 11.8 Å². The lowest BCUT2D eigenvalue weighted by atomic mass is 10.1. The van der Waals surface area contributed by atoms with Crippen molar-refractivity contribution in [2.24, 2.45) is 0 Å². The molecule has 0 radical (unpaired) electrons. The predicted octanol–water partition coefficient (Wildman–Crippen LogP) is 2.99. The molecule has 0 bridgehead atoms. The Labute approximate surface area is 90.4 Å². The molecule has 82 valence electrons. The molecule has 0 aliphatic heterocycles. The quantitative estimate of drug-likeness (QED) is 0.827. The standard InChI is InChI=1S/C12H17NO2/c1-4-9-6-10(5-2)8-11(7-9)13-12(14)15-3/h6-8H,4-5H2,1-3H3,(H,13,14). The molecule has 1 aromatic carbocycles. The van der Waals surface area contributed by atoms with Gasteiger partial charge >= 0.3 is 6.09 Å². The molecule has 1 amide bonds. The Morgan fingerprint density at radius 3 is 2.13 bits per heavy atom. The van der Waals surface area contributed by atoms with Crippen LogP contribution < -0.4 is 5.32 Å². The number of rotatable bonds is 3. The summed E-state index contributed by atoms with van der Waals surface area (Å²) in [4.78, 5) is 11.0. The Bertz CT molecular complexity index is 325. The van der Waals surface area contributed by atoms with Crippen LogP contribution >= 0.6 is 0 Å². The van der Waals surface area contributed by atoms with Crippen LogP contribution in [-0.4, -0.2) is 13.2 Å². The van der Waals surface area contributed by atoms with Gasteiger partial charge in [0.25, 0.3) is 0 Å². The number of benzene rings is 1. The molecule has 0 saturated carbocycles. The van der Waals surface area contributed by atoms with Crippen molar-refractivity contribution in [3.05, 3.63) is 29.3 Å². The summed E-state index contributed by atoms with van der Waals surface area (Å²) in [5.41, 5.74) is 3.25. The molecule has 3 heteroatoms. The van der Waals surface area contributed by atoms with Gasteiger partial charge in [0.15, 0.2) is 0 Å². The lowest BCUT2D eigenvalue weighted by Gasteiger charge is -2.08. The van der Waals surface area contributed by atoms with Crippen molar-refractivity contribution in [1.82, 2.24) is 0 Å². The second-order valence-electron chi connectivity index (χ2n) is 3.36. The lowest BCUT2D eigenvalue weighted by Crippen LogP contribution is -2.11. The summed E-state index contributed by atoms with van der Waals surface area (Å²) in [7, 11) is 1.36. The van der Waals surface area contributed by atoms with Gasteiger partial charge < -0.3 is 4.74 Å². The van der Waals surface area contributed by atoms with E-state index in [1.807, 2.05) is 12.1 Å². The van der Waals surface area contributed by atoms with Crippen LogP contribution in [-0.2, 0) is 17.6 Å². The molecule has 1 N–H and O–H groups in total. The zero-order valence-corrected chi connectivity index (χ0v) is 9.46. The van der Waals surface area contributed by atoms with Crippen LogP contribution in [0.15, 0.2) is 18.2 Å². The van der Waals surface area contributed by atoms with Crippen molar-refractivity contribution in [3.8, 4) is 0 Å². The first-order valence-electron chi connectivity index (χ1n) is 5.17. The molecule has 1 aromatic rings. The maximum Gasteiger partial charge on any atom is 0.411 e. The van der Waals surface area contributed by atoms with Crippen molar-refractivity contribution in [3.63, 3.8) is 0 Å². The highest BCUT2D eigenvalue weighted by atomic mass is 16.5. The summed E-state index contributed by atoms with van der Waals surface area (Å²) in [5, 5.41) is 2.68. The Hall–Kier alpha value is -1.51. The molecule has 0 spiro atoms. The Kier molecular flexibility index (Phi) is 4.16. The minimum atomic E-state index is -0.426. The van der Waals surface area contributed by atoms with Crippen LogP contribution in [0.2, 0.25) is 0 Å². The molecular weight excluding hydrogens is 190 g/mol. The molecule has 3 nitrogen and oxygen atoms in total. The van der Waals surface area contributed by atoms with E-state index in [0.29, 0.717) is 0 Å². The van der Waals surface area contributed by atoms with Gasteiger partial charge in [-0.2, -0.15) is 0 Å². The molecule has 0 fully saturated rings. The van der Waals surface area contributed by atoms with Crippen molar-refractivity contribution < 1.29 is 9.53 Å². The van der Waals surface area contributed by atoms with Crippen LogP contribution in [0.3, 0.4) is 0 Å². The average Bonchev–Trinajstić information content (AvgIpc) is 2.28. The monoisotopic (exact) mass is 207 g/mol. The number of amides is 1. The van der Waals surface area contributed by atoms with Gasteiger partial charge in [-0.3, -0.25) is 5.32 Å². The van der Waals surface area contributed by atoms with Gasteiger partial charge in [-0.05, 0) is 36.1 Å². The van der Waals surface area contributed by atoms with Gasteiger partial charge in [-0.25, -0.2) is 4.79 Å². The SMILES string of the molecule is CCc1cc(CC)cc(NC(=O)OC)c1. The number of carbonyl (C=O) groups excluding carboxylic acids is 1. The van der Waals surface area contributed by atoms with Crippen molar-refractivity contribution in [2.45, 2.75) is 26.7 Å². The Morgan fingerprint density at radius 1 is 1.20 bits per heavy atom. The molecule has 1 rings (SSSR count). The van der Waals surface area contributed by atoms with E-state index in [-0.39, 0.29) is 0 Å². The number of hydrogen-bond acceptors (Lipinski definition) is 2. The summed E-state index contributed by atoms with van der Waals surface area (Å²) < 4.78 is 4.55. The van der Waals surface area contributed by atoms with E-state index in [2.05, 4.69) is 30.0 Å². The summed E-state index contributed by atoms with van der Waals surface area (Å²) >= 11 is 0. The van der Waals surface area contributed by atoms with Crippen LogP contribution in [0.5, 0.6) is 0 Å². The molecule has 15 heavy (non-hydrogen) atoms. The van der Waals surface area contributed by atoms with Gasteiger partial charge in [-0.15, -0.1) is 0 Å². The number of methoxy groups -OCH3 is 1. The maximum atomic E-state index is 11.0. The predicted molar refractivity (Wildman–Crippen MR) is 61.2 cm³/mol. The zero-order valence-electron chi connectivity index (χ0n) is 9.46. The van der Waals surface area contributed by atoms with Crippen LogP contribution in [0.1, 0.15) is 25.0 Å². The number of anilines is 1. The number of aryl methyl sites for hydroxylation is 2. The number of carbonyl (C=O) groups is 1. The lowest BCUT2D eigenvalue weighted by molar-refractivity contribution is 0.187. The normalized spacial score (nSPS) is 9.80. The van der Waals surface area contributed by atoms with Crippen molar-refractivity contribution in [1.29, 1.82) is 0 Å². The number of hydrogen-bond donors (Lipinski definition) is 1. The van der Waals surface area contributed by atoms with E-state index >= 15 is 0 Å². The van der Waals surface area contributed by atoms with Crippen LogP contribution in [0, 0.1) is 0 Å². The second kappa shape index (κ2) is 5.39. The fourth-order valence-corrected chi connectivity index (χ4v) is 1.41. The maximum absolute atomic E-state index is 11.0. The highest BCUT2D eigenvalue weighted by Crippen LogP contribution is 2.16. The van der Waals surface area contributed by atoms with E-state index in [1.54, 1.807) is 0 Å². The molecule has 0 saturated heterocycles. The largest absolute Gasteiger partial charge is 0.453 e.